The number of aromatic nitrogens is 2. The van der Waals surface area contributed by atoms with Crippen LogP contribution in [0.5, 0.6) is 0 Å². The average Bonchev–Trinajstić information content (AvgIpc) is 2.69. The van der Waals surface area contributed by atoms with E-state index in [1.54, 1.807) is 35.8 Å². The predicted molar refractivity (Wildman–Crippen MR) is 120 cm³/mol. The lowest BCUT2D eigenvalue weighted by atomic mass is 10.1. The predicted octanol–water partition coefficient (Wildman–Crippen LogP) is 4.56. The van der Waals surface area contributed by atoms with Crippen LogP contribution in [0.15, 0.2) is 52.4 Å². The highest BCUT2D eigenvalue weighted by Gasteiger charge is 2.19. The summed E-state index contributed by atoms with van der Waals surface area (Å²) in [6.45, 7) is 4.62. The van der Waals surface area contributed by atoms with Crippen molar-refractivity contribution in [2.45, 2.75) is 37.2 Å². The van der Waals surface area contributed by atoms with Crippen LogP contribution in [-0.2, 0) is 17.8 Å². The Morgan fingerprint density at radius 3 is 2.72 bits per heavy atom. The first-order valence-electron chi connectivity index (χ1n) is 9.28. The quantitative estimate of drug-likeness (QED) is 0.423. The van der Waals surface area contributed by atoms with Gasteiger partial charge in [-0.05, 0) is 50.1 Å². The minimum Gasteiger partial charge on any atom is -0.355 e. The largest absolute Gasteiger partial charge is 0.355 e. The lowest BCUT2D eigenvalue weighted by Crippen LogP contribution is -2.32. The van der Waals surface area contributed by atoms with E-state index in [9.17, 15) is 9.59 Å². The molecule has 1 unspecified atom stereocenters. The number of fused-ring (bicyclic) bond motifs is 1. The molecule has 0 aliphatic rings. The lowest BCUT2D eigenvalue weighted by Gasteiger charge is -2.16. The third kappa shape index (κ3) is 5.13. The van der Waals surface area contributed by atoms with Crippen LogP contribution in [-0.4, -0.2) is 27.3 Å². The van der Waals surface area contributed by atoms with Crippen LogP contribution in [0.1, 0.15) is 19.4 Å². The maximum atomic E-state index is 13.1. The molecule has 1 atom stereocenters. The van der Waals surface area contributed by atoms with Gasteiger partial charge in [0.2, 0.25) is 5.91 Å². The molecular weight excluding hydrogens is 429 g/mol. The van der Waals surface area contributed by atoms with Gasteiger partial charge >= 0.3 is 0 Å². The van der Waals surface area contributed by atoms with Crippen molar-refractivity contribution >= 4 is 51.8 Å². The van der Waals surface area contributed by atoms with Crippen molar-refractivity contribution in [3.63, 3.8) is 0 Å². The molecule has 5 nitrogen and oxygen atoms in total. The topological polar surface area (TPSA) is 64.0 Å². The third-order valence-corrected chi connectivity index (χ3v) is 6.13. The summed E-state index contributed by atoms with van der Waals surface area (Å²) in [6, 6.07) is 12.5. The summed E-state index contributed by atoms with van der Waals surface area (Å²) in [4.78, 5) is 30.0. The minimum absolute atomic E-state index is 0.0906. The van der Waals surface area contributed by atoms with Crippen molar-refractivity contribution < 1.29 is 4.79 Å². The molecule has 152 valence electrons. The fourth-order valence-corrected chi connectivity index (χ4v) is 4.38. The molecule has 3 aromatic rings. The zero-order chi connectivity index (χ0) is 21.0. The lowest BCUT2D eigenvalue weighted by molar-refractivity contribution is -0.120. The molecule has 29 heavy (non-hydrogen) atoms. The molecule has 1 aromatic heterocycles. The molecule has 0 fully saturated rings. The summed E-state index contributed by atoms with van der Waals surface area (Å²) in [5, 5.41) is 4.60. The van der Waals surface area contributed by atoms with Gasteiger partial charge in [-0.25, -0.2) is 4.98 Å². The van der Waals surface area contributed by atoms with Gasteiger partial charge in [0.25, 0.3) is 5.56 Å². The van der Waals surface area contributed by atoms with Crippen LogP contribution in [0.25, 0.3) is 10.9 Å². The third-order valence-electron chi connectivity index (χ3n) is 4.45. The van der Waals surface area contributed by atoms with Crippen molar-refractivity contribution in [1.29, 1.82) is 0 Å². The van der Waals surface area contributed by atoms with E-state index in [4.69, 9.17) is 23.2 Å². The first-order chi connectivity index (χ1) is 13.9. The normalized spacial score (nSPS) is 12.1. The molecule has 0 bridgehead atoms. The van der Waals surface area contributed by atoms with E-state index in [0.29, 0.717) is 45.6 Å². The average molecular weight is 450 g/mol. The van der Waals surface area contributed by atoms with Crippen LogP contribution < -0.4 is 10.9 Å². The zero-order valence-corrected chi connectivity index (χ0v) is 18.4. The van der Waals surface area contributed by atoms with Gasteiger partial charge in [-0.15, -0.1) is 0 Å². The van der Waals surface area contributed by atoms with Crippen molar-refractivity contribution in [3.8, 4) is 0 Å². The van der Waals surface area contributed by atoms with Gasteiger partial charge in [0.15, 0.2) is 5.16 Å². The smallest absolute Gasteiger partial charge is 0.262 e. The summed E-state index contributed by atoms with van der Waals surface area (Å²) in [5.41, 5.74) is 1.37. The molecule has 1 N–H and O–H groups in total. The Kier molecular flexibility index (Phi) is 7.22. The van der Waals surface area contributed by atoms with E-state index >= 15 is 0 Å². The Hall–Kier alpha value is -2.02. The molecule has 2 aromatic carbocycles. The molecule has 0 spiro atoms. The number of amides is 1. The molecule has 1 amide bonds. The standard InChI is InChI=1S/C21H21Cl2N3O2S/c1-3-24-19(27)13(2)29-21-25-18-7-5-4-6-16(18)20(28)26(21)11-10-14-8-9-15(22)12-17(14)23/h4-9,12-13H,3,10-11H2,1-2H3,(H,24,27). The Morgan fingerprint density at radius 1 is 1.24 bits per heavy atom. The summed E-state index contributed by atoms with van der Waals surface area (Å²) in [5.74, 6) is -0.0906. The van der Waals surface area contributed by atoms with Crippen LogP contribution >= 0.6 is 35.0 Å². The van der Waals surface area contributed by atoms with Crippen molar-refractivity contribution in [1.82, 2.24) is 14.9 Å². The second-order valence-electron chi connectivity index (χ2n) is 6.51. The number of para-hydroxylation sites is 1. The molecule has 0 saturated heterocycles. The molecular formula is C21H21Cl2N3O2S. The summed E-state index contributed by atoms with van der Waals surface area (Å²) < 4.78 is 1.62. The van der Waals surface area contributed by atoms with Crippen molar-refractivity contribution in [2.75, 3.05) is 6.54 Å². The molecule has 8 heteroatoms. The highest BCUT2D eigenvalue weighted by Crippen LogP contribution is 2.25. The zero-order valence-electron chi connectivity index (χ0n) is 16.1. The Bertz CT molecular complexity index is 1100. The van der Waals surface area contributed by atoms with Crippen LogP contribution in [0.2, 0.25) is 10.0 Å². The van der Waals surface area contributed by atoms with Gasteiger partial charge in [0.1, 0.15) is 0 Å². The maximum Gasteiger partial charge on any atom is 0.262 e. The van der Waals surface area contributed by atoms with Crippen LogP contribution in [0.4, 0.5) is 0 Å². The first-order valence-corrected chi connectivity index (χ1v) is 10.9. The number of carbonyl (C=O) groups is 1. The molecule has 3 rings (SSSR count). The summed E-state index contributed by atoms with van der Waals surface area (Å²) in [6.07, 6.45) is 0.541. The van der Waals surface area contributed by atoms with Crippen molar-refractivity contribution in [2.24, 2.45) is 0 Å². The Morgan fingerprint density at radius 2 is 2.00 bits per heavy atom. The number of carbonyl (C=O) groups excluding carboxylic acids is 1. The van der Waals surface area contributed by atoms with Gasteiger partial charge in [-0.1, -0.05) is 53.2 Å². The van der Waals surface area contributed by atoms with Gasteiger partial charge in [0.05, 0.1) is 16.2 Å². The second kappa shape index (κ2) is 9.65. The number of hydrogen-bond acceptors (Lipinski definition) is 4. The SMILES string of the molecule is CCNC(=O)C(C)Sc1nc2ccccc2c(=O)n1CCc1ccc(Cl)cc1Cl. The fraction of sp³-hybridized carbons (Fsp3) is 0.286. The van der Waals surface area contributed by atoms with E-state index in [0.717, 1.165) is 5.56 Å². The Balaban J connectivity index is 1.97. The van der Waals surface area contributed by atoms with Crippen molar-refractivity contribution in [3.05, 3.63) is 68.4 Å². The van der Waals surface area contributed by atoms with Crippen LogP contribution in [0, 0.1) is 0 Å². The first kappa shape index (κ1) is 21.7. The Labute approximate surface area is 183 Å². The monoisotopic (exact) mass is 449 g/mol. The van der Waals surface area contributed by atoms with Crippen LogP contribution in [0.3, 0.4) is 0 Å². The molecule has 0 aliphatic carbocycles. The maximum absolute atomic E-state index is 13.1. The molecule has 1 heterocycles. The van der Waals surface area contributed by atoms with Gasteiger partial charge in [0, 0.05) is 23.1 Å². The number of nitrogens with one attached hydrogen (secondary N) is 1. The summed E-state index contributed by atoms with van der Waals surface area (Å²) in [7, 11) is 0. The van der Waals surface area contributed by atoms with Gasteiger partial charge in [-0.2, -0.15) is 0 Å². The molecule has 0 aliphatic heterocycles. The van der Waals surface area contributed by atoms with E-state index in [1.807, 2.05) is 25.1 Å². The van der Waals surface area contributed by atoms with Gasteiger partial charge in [-0.3, -0.25) is 14.2 Å². The number of benzene rings is 2. The number of aryl methyl sites for hydroxylation is 1. The van der Waals surface area contributed by atoms with E-state index < -0.39 is 0 Å². The fourth-order valence-electron chi connectivity index (χ4n) is 2.92. The number of hydrogen-bond donors (Lipinski definition) is 1. The highest BCUT2D eigenvalue weighted by atomic mass is 35.5. The minimum atomic E-state index is -0.381. The second-order valence-corrected chi connectivity index (χ2v) is 8.66. The van der Waals surface area contributed by atoms with E-state index in [-0.39, 0.29) is 16.7 Å². The molecule has 0 saturated carbocycles. The summed E-state index contributed by atoms with van der Waals surface area (Å²) >= 11 is 13.5. The van der Waals surface area contributed by atoms with E-state index in [1.165, 1.54) is 11.8 Å². The number of halogens is 2. The number of rotatable bonds is 7. The highest BCUT2D eigenvalue weighted by molar-refractivity contribution is 8.00. The van der Waals surface area contributed by atoms with Gasteiger partial charge < -0.3 is 5.32 Å². The van der Waals surface area contributed by atoms with E-state index in [2.05, 4.69) is 10.3 Å². The number of thioether (sulfide) groups is 1. The number of nitrogens with zero attached hydrogens (tertiary/aromatic N) is 2. The molecule has 0 radical (unpaired) electrons.